The van der Waals surface area contributed by atoms with Crippen LogP contribution in [0.2, 0.25) is 0 Å². The van der Waals surface area contributed by atoms with Gasteiger partial charge in [-0.15, -0.1) is 0 Å². The van der Waals surface area contributed by atoms with Crippen LogP contribution in [0.4, 0.5) is 4.39 Å². The molecule has 0 aliphatic carbocycles. The summed E-state index contributed by atoms with van der Waals surface area (Å²) < 4.78 is 14.8. The van der Waals surface area contributed by atoms with E-state index in [0.717, 1.165) is 54.7 Å². The molecule has 2 aliphatic rings. The average Bonchev–Trinajstić information content (AvgIpc) is 3.19. The lowest BCUT2D eigenvalue weighted by atomic mass is 10.2. The van der Waals surface area contributed by atoms with Crippen LogP contribution in [0.15, 0.2) is 40.4 Å². The highest BCUT2D eigenvalue weighted by Crippen LogP contribution is 2.31. The number of aryl methyl sites for hydroxylation is 2. The summed E-state index contributed by atoms with van der Waals surface area (Å²) in [4.78, 5) is 21.7. The second-order valence-corrected chi connectivity index (χ2v) is 8.05. The van der Waals surface area contributed by atoms with Gasteiger partial charge in [-0.25, -0.2) is 4.39 Å². The Bertz CT molecular complexity index is 942. The Hall–Kier alpha value is -2.45. The van der Waals surface area contributed by atoms with Gasteiger partial charge in [0.05, 0.1) is 10.6 Å². The van der Waals surface area contributed by atoms with Crippen molar-refractivity contribution >= 4 is 28.9 Å². The van der Waals surface area contributed by atoms with Crippen LogP contribution < -0.4 is 0 Å². The van der Waals surface area contributed by atoms with Gasteiger partial charge in [-0.1, -0.05) is 12.1 Å². The number of halogens is 1. The van der Waals surface area contributed by atoms with Gasteiger partial charge in [-0.3, -0.25) is 14.4 Å². The van der Waals surface area contributed by atoms with Gasteiger partial charge >= 0.3 is 0 Å². The minimum atomic E-state index is -0.208. The Morgan fingerprint density at radius 2 is 1.89 bits per heavy atom. The first-order chi connectivity index (χ1) is 13.5. The van der Waals surface area contributed by atoms with E-state index in [1.54, 1.807) is 4.68 Å². The van der Waals surface area contributed by atoms with Crippen molar-refractivity contribution in [1.29, 1.82) is 0 Å². The summed E-state index contributed by atoms with van der Waals surface area (Å²) in [6.07, 6.45) is 3.78. The summed E-state index contributed by atoms with van der Waals surface area (Å²) in [5, 5.41) is 5.09. The van der Waals surface area contributed by atoms with Crippen molar-refractivity contribution in [2.75, 3.05) is 26.2 Å². The molecule has 28 heavy (non-hydrogen) atoms. The summed E-state index contributed by atoms with van der Waals surface area (Å²) in [5.74, 6) is -0.392. The van der Waals surface area contributed by atoms with E-state index < -0.39 is 0 Å². The molecule has 8 heteroatoms. The minimum absolute atomic E-state index is 0.183. The third kappa shape index (κ3) is 4.18. The number of aromatic nitrogens is 2. The van der Waals surface area contributed by atoms with Gasteiger partial charge in [0.1, 0.15) is 5.82 Å². The quantitative estimate of drug-likeness (QED) is 0.743. The number of amides is 1. The van der Waals surface area contributed by atoms with Crippen LogP contribution >= 0.6 is 11.8 Å². The molecule has 1 aromatic carbocycles. The van der Waals surface area contributed by atoms with Crippen LogP contribution in [0, 0.1) is 12.7 Å². The van der Waals surface area contributed by atoms with E-state index in [-0.39, 0.29) is 11.7 Å². The number of amidine groups is 1. The molecule has 1 amide bonds. The van der Waals surface area contributed by atoms with E-state index in [1.165, 1.54) is 23.9 Å². The maximum Gasteiger partial charge on any atom is 0.286 e. The number of nitrogens with zero attached hydrogens (tertiary/aromatic N) is 5. The Balaban J connectivity index is 1.35. The normalized spacial score (nSPS) is 19.5. The van der Waals surface area contributed by atoms with Crippen LogP contribution in [0.5, 0.6) is 0 Å². The zero-order valence-electron chi connectivity index (χ0n) is 15.9. The fraction of sp³-hybridized carbons (Fsp3) is 0.350. The molecule has 1 aromatic heterocycles. The number of aliphatic imine (C=N–C) groups is 1. The van der Waals surface area contributed by atoms with Crippen molar-refractivity contribution in [1.82, 2.24) is 19.6 Å². The first kappa shape index (κ1) is 18.9. The van der Waals surface area contributed by atoms with E-state index in [4.69, 9.17) is 0 Å². The van der Waals surface area contributed by atoms with E-state index in [9.17, 15) is 9.18 Å². The van der Waals surface area contributed by atoms with Gasteiger partial charge in [0.15, 0.2) is 5.17 Å². The third-order valence-electron chi connectivity index (χ3n) is 4.91. The summed E-state index contributed by atoms with van der Waals surface area (Å²) in [5.41, 5.74) is 2.94. The van der Waals surface area contributed by atoms with Crippen LogP contribution in [0.25, 0.3) is 6.08 Å². The molecule has 6 nitrogen and oxygen atoms in total. The first-order valence-corrected chi connectivity index (χ1v) is 10.0. The number of hydrogen-bond donors (Lipinski definition) is 0. The summed E-state index contributed by atoms with van der Waals surface area (Å²) in [6, 6.07) is 6.65. The summed E-state index contributed by atoms with van der Waals surface area (Å²) in [7, 11) is 1.87. The van der Waals surface area contributed by atoms with Gasteiger partial charge < -0.3 is 4.90 Å². The molecule has 0 bridgehead atoms. The van der Waals surface area contributed by atoms with E-state index in [1.807, 2.05) is 38.4 Å². The second-order valence-electron chi connectivity index (χ2n) is 7.04. The van der Waals surface area contributed by atoms with Crippen molar-refractivity contribution in [2.45, 2.75) is 13.5 Å². The number of hydrogen-bond acceptors (Lipinski definition) is 5. The number of rotatable bonds is 3. The topological polar surface area (TPSA) is 53.7 Å². The highest BCUT2D eigenvalue weighted by molar-refractivity contribution is 8.18. The Kier molecular flexibility index (Phi) is 5.32. The molecule has 1 fully saturated rings. The molecule has 4 rings (SSSR count). The van der Waals surface area contributed by atoms with Crippen LogP contribution in [-0.4, -0.2) is 56.8 Å². The predicted molar refractivity (Wildman–Crippen MR) is 109 cm³/mol. The van der Waals surface area contributed by atoms with E-state index >= 15 is 0 Å². The number of thioether (sulfide) groups is 1. The maximum atomic E-state index is 13.0. The monoisotopic (exact) mass is 399 g/mol. The zero-order valence-corrected chi connectivity index (χ0v) is 16.7. The largest absolute Gasteiger partial charge is 0.348 e. The van der Waals surface area contributed by atoms with Crippen molar-refractivity contribution in [2.24, 2.45) is 12.0 Å². The van der Waals surface area contributed by atoms with Gasteiger partial charge in [-0.05, 0) is 42.5 Å². The molecule has 0 spiro atoms. The van der Waals surface area contributed by atoms with Gasteiger partial charge in [0.2, 0.25) is 0 Å². The molecule has 0 saturated carbocycles. The van der Waals surface area contributed by atoms with Gasteiger partial charge in [0, 0.05) is 51.5 Å². The number of piperazine rings is 1. The van der Waals surface area contributed by atoms with Crippen molar-refractivity contribution in [3.63, 3.8) is 0 Å². The van der Waals surface area contributed by atoms with Crippen LogP contribution in [0.3, 0.4) is 0 Å². The summed E-state index contributed by atoms with van der Waals surface area (Å²) in [6.45, 7) is 6.13. The molecule has 0 radical (unpaired) electrons. The van der Waals surface area contributed by atoms with Crippen molar-refractivity contribution in [3.8, 4) is 0 Å². The Morgan fingerprint density at radius 3 is 2.54 bits per heavy atom. The van der Waals surface area contributed by atoms with Gasteiger partial charge in [0.25, 0.3) is 5.91 Å². The molecule has 146 valence electrons. The smallest absolute Gasteiger partial charge is 0.286 e. The third-order valence-corrected chi connectivity index (χ3v) is 5.95. The lowest BCUT2D eigenvalue weighted by Gasteiger charge is -2.35. The SMILES string of the molecule is Cc1nn(C)cc1/C=C1\SC(N2CCN(Cc3ccc(F)cc3)CC2)=NC1=O. The lowest BCUT2D eigenvalue weighted by molar-refractivity contribution is -0.113. The number of carbonyl (C=O) groups excluding carboxylic acids is 1. The first-order valence-electron chi connectivity index (χ1n) is 9.22. The van der Waals surface area contributed by atoms with Gasteiger partial charge in [-0.2, -0.15) is 10.1 Å². The van der Waals surface area contributed by atoms with Crippen molar-refractivity contribution in [3.05, 3.63) is 58.0 Å². The minimum Gasteiger partial charge on any atom is -0.348 e. The molecule has 0 atom stereocenters. The number of benzene rings is 1. The second kappa shape index (κ2) is 7.89. The van der Waals surface area contributed by atoms with Crippen LogP contribution in [-0.2, 0) is 18.4 Å². The standard InChI is InChI=1S/C20H22FN5OS/c1-14-16(13-24(2)23-14)11-18-19(27)22-20(28-18)26-9-7-25(8-10-26)12-15-3-5-17(21)6-4-15/h3-6,11,13H,7-10,12H2,1-2H3/b18-11-. The highest BCUT2D eigenvalue weighted by Gasteiger charge is 2.28. The van der Waals surface area contributed by atoms with E-state index in [0.29, 0.717) is 4.91 Å². The lowest BCUT2D eigenvalue weighted by Crippen LogP contribution is -2.47. The Labute approximate surface area is 167 Å². The fourth-order valence-corrected chi connectivity index (χ4v) is 4.34. The molecule has 2 aliphatic heterocycles. The molecule has 2 aromatic rings. The molecule has 1 saturated heterocycles. The summed E-state index contributed by atoms with van der Waals surface area (Å²) >= 11 is 1.44. The molecule has 3 heterocycles. The van der Waals surface area contributed by atoms with Crippen molar-refractivity contribution < 1.29 is 9.18 Å². The maximum absolute atomic E-state index is 13.0. The fourth-order valence-electron chi connectivity index (χ4n) is 3.38. The molecule has 0 unspecified atom stereocenters. The molecular formula is C20H22FN5OS. The number of carbonyl (C=O) groups is 1. The average molecular weight is 399 g/mol. The van der Waals surface area contributed by atoms with Crippen LogP contribution in [0.1, 0.15) is 16.8 Å². The Morgan fingerprint density at radius 1 is 1.18 bits per heavy atom. The predicted octanol–water partition coefficient (Wildman–Crippen LogP) is 2.66. The zero-order chi connectivity index (χ0) is 19.7. The molecule has 0 N–H and O–H groups in total. The van der Waals surface area contributed by atoms with E-state index in [2.05, 4.69) is 19.9 Å². The highest BCUT2D eigenvalue weighted by atomic mass is 32.2. The molecular weight excluding hydrogens is 377 g/mol.